The lowest BCUT2D eigenvalue weighted by atomic mass is 10.1. The minimum absolute atomic E-state index is 0.790. The zero-order chi connectivity index (χ0) is 19.7. The van der Waals surface area contributed by atoms with Crippen molar-refractivity contribution in [3.05, 3.63) is 12.3 Å². The quantitative estimate of drug-likeness (QED) is 0.227. The van der Waals surface area contributed by atoms with Crippen LogP contribution in [0.4, 0.5) is 0 Å². The molecule has 0 unspecified atom stereocenters. The Balaban J connectivity index is 5.14. The molecule has 0 spiro atoms. The molecule has 0 amide bonds. The predicted octanol–water partition coefficient (Wildman–Crippen LogP) is 8.56. The van der Waals surface area contributed by atoms with Crippen LogP contribution in [0.15, 0.2) is 12.3 Å². The first-order valence-corrected chi connectivity index (χ1v) is 16.6. The Hall–Kier alpha value is -0.0262. The highest BCUT2D eigenvalue weighted by Crippen LogP contribution is 2.46. The Morgan fingerprint density at radius 2 is 1.16 bits per heavy atom. The molecule has 0 saturated carbocycles. The third-order valence-electron chi connectivity index (χ3n) is 5.89. The molecule has 0 fully saturated rings. The van der Waals surface area contributed by atoms with Crippen molar-refractivity contribution in [2.45, 2.75) is 130 Å². The van der Waals surface area contributed by atoms with Crippen LogP contribution in [-0.4, -0.2) is 20.7 Å². The molecule has 0 heterocycles. The topological polar surface area (TPSA) is 3.24 Å². The van der Waals surface area contributed by atoms with Crippen molar-refractivity contribution >= 4 is 16.5 Å². The first-order valence-electron chi connectivity index (χ1n) is 11.0. The van der Waals surface area contributed by atoms with Crippen LogP contribution >= 0.6 is 0 Å². The maximum atomic E-state index is 2.97. The maximum absolute atomic E-state index is 2.97. The van der Waals surface area contributed by atoms with Crippen molar-refractivity contribution in [3.8, 4) is 0 Å². The lowest BCUT2D eigenvalue weighted by molar-refractivity contribution is 0.608. The summed E-state index contributed by atoms with van der Waals surface area (Å²) in [6, 6.07) is 0. The molecule has 0 aromatic rings. The van der Waals surface area contributed by atoms with Gasteiger partial charge in [-0.2, -0.15) is 0 Å². The molecule has 150 valence electrons. The second kappa shape index (κ2) is 11.6. The number of nitrogens with zero attached hydrogens (tertiary/aromatic N) is 1. The standard InChI is InChI=1S/C22H49NSi2/c1-11-12-13-14-15-16-17-18-19-23(24(8,9)10)25(20(2)3,21(4)5)22(6)7/h18-22H,11-17H2,1-10H3. The summed E-state index contributed by atoms with van der Waals surface area (Å²) in [5.41, 5.74) is 2.37. The lowest BCUT2D eigenvalue weighted by Gasteiger charge is -2.56. The first kappa shape index (κ1) is 25.0. The van der Waals surface area contributed by atoms with E-state index in [1.54, 1.807) is 0 Å². The fourth-order valence-electron chi connectivity index (χ4n) is 4.99. The summed E-state index contributed by atoms with van der Waals surface area (Å²) >= 11 is 0. The van der Waals surface area contributed by atoms with Crippen LogP contribution < -0.4 is 0 Å². The normalized spacial score (nSPS) is 13.6. The minimum Gasteiger partial charge on any atom is -0.430 e. The van der Waals surface area contributed by atoms with E-state index in [1.165, 1.54) is 44.9 Å². The molecule has 0 aliphatic rings. The summed E-state index contributed by atoms with van der Waals surface area (Å²) in [4.78, 5) is 0. The summed E-state index contributed by atoms with van der Waals surface area (Å²) in [5, 5.41) is 0. The molecule has 0 aliphatic heterocycles. The summed E-state index contributed by atoms with van der Waals surface area (Å²) in [6.45, 7) is 24.8. The zero-order valence-corrected chi connectivity index (χ0v) is 21.3. The average Bonchev–Trinajstić information content (AvgIpc) is 2.46. The van der Waals surface area contributed by atoms with Gasteiger partial charge >= 0.3 is 0 Å². The summed E-state index contributed by atoms with van der Waals surface area (Å²) in [5.74, 6) is 0. The average molecular weight is 384 g/mol. The van der Waals surface area contributed by atoms with E-state index in [-0.39, 0.29) is 0 Å². The van der Waals surface area contributed by atoms with E-state index in [0.717, 1.165) is 16.6 Å². The second-order valence-corrected chi connectivity index (χ2v) is 20.8. The summed E-state index contributed by atoms with van der Waals surface area (Å²) in [7, 11) is -2.96. The highest BCUT2D eigenvalue weighted by Gasteiger charge is 2.50. The molecule has 3 heteroatoms. The molecule has 0 aromatic heterocycles. The van der Waals surface area contributed by atoms with E-state index in [4.69, 9.17) is 0 Å². The smallest absolute Gasteiger partial charge is 0.155 e. The van der Waals surface area contributed by atoms with Crippen molar-refractivity contribution in [1.82, 2.24) is 4.23 Å². The van der Waals surface area contributed by atoms with Gasteiger partial charge in [0.1, 0.15) is 8.24 Å². The van der Waals surface area contributed by atoms with Crippen LogP contribution in [0.2, 0.25) is 36.3 Å². The zero-order valence-electron chi connectivity index (χ0n) is 19.3. The number of allylic oxidation sites excluding steroid dienone is 1. The largest absolute Gasteiger partial charge is 0.430 e. The van der Waals surface area contributed by atoms with Gasteiger partial charge in [0.05, 0.1) is 0 Å². The van der Waals surface area contributed by atoms with Gasteiger partial charge in [0.2, 0.25) is 0 Å². The van der Waals surface area contributed by atoms with E-state index < -0.39 is 16.5 Å². The molecule has 0 saturated heterocycles. The summed E-state index contributed by atoms with van der Waals surface area (Å²) < 4.78 is 2.97. The lowest BCUT2D eigenvalue weighted by Crippen LogP contribution is -2.65. The van der Waals surface area contributed by atoms with E-state index >= 15 is 0 Å². The minimum atomic E-state index is -1.57. The first-order chi connectivity index (χ1) is 11.5. The van der Waals surface area contributed by atoms with E-state index in [1.807, 2.05) is 0 Å². The van der Waals surface area contributed by atoms with E-state index in [9.17, 15) is 0 Å². The third-order valence-corrected chi connectivity index (χ3v) is 17.2. The Bertz CT molecular complexity index is 345. The highest BCUT2D eigenvalue weighted by molar-refractivity contribution is 6.93. The van der Waals surface area contributed by atoms with E-state index in [0.29, 0.717) is 0 Å². The fraction of sp³-hybridized carbons (Fsp3) is 0.909. The van der Waals surface area contributed by atoms with Crippen LogP contribution in [0.1, 0.15) is 93.4 Å². The Labute approximate surface area is 162 Å². The van der Waals surface area contributed by atoms with Crippen molar-refractivity contribution in [2.75, 3.05) is 0 Å². The number of rotatable bonds is 13. The predicted molar refractivity (Wildman–Crippen MR) is 123 cm³/mol. The third kappa shape index (κ3) is 7.24. The van der Waals surface area contributed by atoms with Gasteiger partial charge in [-0.1, -0.05) is 106 Å². The Kier molecular flexibility index (Phi) is 11.6. The van der Waals surface area contributed by atoms with Crippen LogP contribution in [0, 0.1) is 0 Å². The number of unbranched alkanes of at least 4 members (excludes halogenated alkanes) is 6. The van der Waals surface area contributed by atoms with Crippen molar-refractivity contribution in [3.63, 3.8) is 0 Å². The van der Waals surface area contributed by atoms with Gasteiger partial charge < -0.3 is 4.23 Å². The van der Waals surface area contributed by atoms with Crippen molar-refractivity contribution in [1.29, 1.82) is 0 Å². The van der Waals surface area contributed by atoms with Crippen LogP contribution in [0.5, 0.6) is 0 Å². The molecular weight excluding hydrogens is 334 g/mol. The molecule has 0 N–H and O–H groups in total. The molecule has 0 radical (unpaired) electrons. The van der Waals surface area contributed by atoms with Gasteiger partial charge in [-0.15, -0.1) is 0 Å². The molecule has 0 bridgehead atoms. The molecule has 0 aromatic carbocycles. The number of hydrogen-bond donors (Lipinski definition) is 0. The van der Waals surface area contributed by atoms with Gasteiger partial charge in [-0.05, 0) is 35.7 Å². The number of hydrogen-bond acceptors (Lipinski definition) is 1. The van der Waals surface area contributed by atoms with Crippen LogP contribution in [0.3, 0.4) is 0 Å². The van der Waals surface area contributed by atoms with Crippen LogP contribution in [-0.2, 0) is 0 Å². The Morgan fingerprint density at radius 1 is 0.720 bits per heavy atom. The van der Waals surface area contributed by atoms with Crippen molar-refractivity contribution < 1.29 is 0 Å². The molecule has 0 rings (SSSR count). The molecule has 1 nitrogen and oxygen atoms in total. The van der Waals surface area contributed by atoms with Crippen molar-refractivity contribution in [2.24, 2.45) is 0 Å². The van der Waals surface area contributed by atoms with Gasteiger partial charge in [0, 0.05) is 0 Å². The summed E-state index contributed by atoms with van der Waals surface area (Å²) in [6.07, 6.45) is 14.7. The van der Waals surface area contributed by atoms with Gasteiger partial charge in [-0.25, -0.2) is 0 Å². The van der Waals surface area contributed by atoms with Gasteiger partial charge in [0.15, 0.2) is 8.24 Å². The van der Waals surface area contributed by atoms with Crippen LogP contribution in [0.25, 0.3) is 0 Å². The maximum Gasteiger partial charge on any atom is 0.155 e. The molecular formula is C22H49NSi2. The second-order valence-electron chi connectivity index (χ2n) is 9.83. The highest BCUT2D eigenvalue weighted by atomic mass is 28.4. The fourth-order valence-corrected chi connectivity index (χ4v) is 18.5. The molecule has 0 aliphatic carbocycles. The SMILES string of the molecule is CCCCCCCCC=CN([Si](C)(C)C)[Si](C(C)C)(C(C)C)C(C)C. The molecule has 25 heavy (non-hydrogen) atoms. The molecule has 0 atom stereocenters. The van der Waals surface area contributed by atoms with E-state index in [2.05, 4.69) is 84.6 Å². The Morgan fingerprint density at radius 3 is 1.56 bits per heavy atom. The van der Waals surface area contributed by atoms with Gasteiger partial charge in [-0.3, -0.25) is 0 Å². The van der Waals surface area contributed by atoms with Gasteiger partial charge in [0.25, 0.3) is 0 Å². The monoisotopic (exact) mass is 383 g/mol.